The molecule has 2 aromatic carbocycles. The smallest absolute Gasteiger partial charge is 0.243 e. The molecule has 0 bridgehead atoms. The molecular weight excluding hydrogens is 408 g/mol. The Bertz CT molecular complexity index is 1060. The van der Waals surface area contributed by atoms with Crippen molar-refractivity contribution < 1.29 is 8.42 Å². The van der Waals surface area contributed by atoms with Crippen LogP contribution in [0.25, 0.3) is 11.4 Å². The van der Waals surface area contributed by atoms with Crippen molar-refractivity contribution in [1.82, 2.24) is 18.8 Å². The van der Waals surface area contributed by atoms with Crippen LogP contribution in [0.15, 0.2) is 71.9 Å². The Morgan fingerprint density at radius 2 is 1.69 bits per heavy atom. The molecule has 152 valence electrons. The van der Waals surface area contributed by atoms with Crippen LogP contribution in [0.4, 0.5) is 0 Å². The van der Waals surface area contributed by atoms with Crippen LogP contribution in [0.3, 0.4) is 0 Å². The van der Waals surface area contributed by atoms with E-state index in [1.54, 1.807) is 22.5 Å². The molecule has 0 unspecified atom stereocenters. The Kier molecular flexibility index (Phi) is 6.01. The lowest BCUT2D eigenvalue weighted by Gasteiger charge is -2.34. The Labute approximate surface area is 176 Å². The molecule has 0 saturated carbocycles. The molecule has 1 aliphatic heterocycles. The van der Waals surface area contributed by atoms with Gasteiger partial charge in [0, 0.05) is 62.2 Å². The Morgan fingerprint density at radius 1 is 0.931 bits per heavy atom. The van der Waals surface area contributed by atoms with Crippen molar-refractivity contribution in [3.8, 4) is 11.4 Å². The summed E-state index contributed by atoms with van der Waals surface area (Å²) in [5, 5.41) is 0.430. The SMILES string of the molecule is O=S(=O)(c1cccc(Cl)c1)N1CCN(CCn2ccnc2-c2ccccc2)CC1. The minimum absolute atomic E-state index is 0.254. The monoisotopic (exact) mass is 430 g/mol. The summed E-state index contributed by atoms with van der Waals surface area (Å²) in [5.74, 6) is 0.952. The van der Waals surface area contributed by atoms with Crippen molar-refractivity contribution in [1.29, 1.82) is 0 Å². The summed E-state index contributed by atoms with van der Waals surface area (Å²) in [4.78, 5) is 7.03. The van der Waals surface area contributed by atoms with Crippen LogP contribution in [-0.2, 0) is 16.6 Å². The third-order valence-corrected chi connectivity index (χ3v) is 7.30. The fourth-order valence-corrected chi connectivity index (χ4v) is 5.28. The number of halogens is 1. The van der Waals surface area contributed by atoms with Crippen molar-refractivity contribution in [3.63, 3.8) is 0 Å². The van der Waals surface area contributed by atoms with Crippen LogP contribution in [0.2, 0.25) is 5.02 Å². The van der Waals surface area contributed by atoms with Gasteiger partial charge in [0.25, 0.3) is 0 Å². The molecule has 0 atom stereocenters. The highest BCUT2D eigenvalue weighted by atomic mass is 35.5. The summed E-state index contributed by atoms with van der Waals surface area (Å²) < 4.78 is 29.3. The molecule has 0 spiro atoms. The van der Waals surface area contributed by atoms with Crippen molar-refractivity contribution in [3.05, 3.63) is 72.0 Å². The molecule has 1 saturated heterocycles. The van der Waals surface area contributed by atoms with E-state index >= 15 is 0 Å². The van der Waals surface area contributed by atoms with Crippen molar-refractivity contribution in [2.45, 2.75) is 11.4 Å². The average molecular weight is 431 g/mol. The maximum absolute atomic E-state index is 12.8. The number of hydrogen-bond donors (Lipinski definition) is 0. The van der Waals surface area contributed by atoms with Gasteiger partial charge in [-0.25, -0.2) is 13.4 Å². The van der Waals surface area contributed by atoms with Crippen LogP contribution in [0.1, 0.15) is 0 Å². The molecule has 29 heavy (non-hydrogen) atoms. The molecule has 0 aliphatic carbocycles. The summed E-state index contributed by atoms with van der Waals surface area (Å²) in [6.45, 7) is 4.02. The number of rotatable bonds is 6. The molecule has 8 heteroatoms. The molecule has 1 aliphatic rings. The normalized spacial score (nSPS) is 16.2. The van der Waals surface area contributed by atoms with Gasteiger partial charge >= 0.3 is 0 Å². The molecule has 0 radical (unpaired) electrons. The number of benzene rings is 2. The van der Waals surface area contributed by atoms with E-state index < -0.39 is 10.0 Å². The first kappa shape index (κ1) is 20.1. The number of aromatic nitrogens is 2. The van der Waals surface area contributed by atoms with E-state index in [2.05, 4.69) is 26.6 Å². The lowest BCUT2D eigenvalue weighted by Crippen LogP contribution is -2.49. The van der Waals surface area contributed by atoms with Crippen LogP contribution in [-0.4, -0.2) is 59.9 Å². The molecule has 2 heterocycles. The summed E-state index contributed by atoms with van der Waals surface area (Å²) in [5.41, 5.74) is 1.09. The third-order valence-electron chi connectivity index (χ3n) is 5.17. The Balaban J connectivity index is 1.35. The number of hydrogen-bond acceptors (Lipinski definition) is 4. The topological polar surface area (TPSA) is 58.4 Å². The van der Waals surface area contributed by atoms with Gasteiger partial charge in [-0.1, -0.05) is 48.0 Å². The van der Waals surface area contributed by atoms with E-state index in [9.17, 15) is 8.42 Å². The maximum atomic E-state index is 12.8. The number of piperazine rings is 1. The minimum Gasteiger partial charge on any atom is -0.330 e. The molecule has 1 aromatic heterocycles. The quantitative estimate of drug-likeness (QED) is 0.602. The van der Waals surface area contributed by atoms with Gasteiger partial charge in [-0.3, -0.25) is 4.90 Å². The van der Waals surface area contributed by atoms with E-state index in [0.717, 1.165) is 24.5 Å². The second-order valence-corrected chi connectivity index (χ2v) is 9.39. The fraction of sp³-hybridized carbons (Fsp3) is 0.286. The van der Waals surface area contributed by atoms with Gasteiger partial charge in [0.1, 0.15) is 5.82 Å². The van der Waals surface area contributed by atoms with Gasteiger partial charge in [-0.2, -0.15) is 4.31 Å². The summed E-state index contributed by atoms with van der Waals surface area (Å²) in [7, 11) is -3.50. The number of sulfonamides is 1. The third kappa shape index (κ3) is 4.53. The first-order chi connectivity index (χ1) is 14.0. The Hall–Kier alpha value is -2.19. The molecule has 1 fully saturated rings. The van der Waals surface area contributed by atoms with Gasteiger partial charge in [0.2, 0.25) is 10.0 Å². The highest BCUT2D eigenvalue weighted by Gasteiger charge is 2.28. The van der Waals surface area contributed by atoms with Gasteiger partial charge in [0.15, 0.2) is 0 Å². The van der Waals surface area contributed by atoms with Crippen LogP contribution >= 0.6 is 11.6 Å². The van der Waals surface area contributed by atoms with E-state index in [-0.39, 0.29) is 4.90 Å². The van der Waals surface area contributed by atoms with E-state index in [0.29, 0.717) is 31.2 Å². The lowest BCUT2D eigenvalue weighted by molar-refractivity contribution is 0.183. The minimum atomic E-state index is -3.50. The fourth-order valence-electron chi connectivity index (χ4n) is 3.56. The maximum Gasteiger partial charge on any atom is 0.243 e. The van der Waals surface area contributed by atoms with Gasteiger partial charge < -0.3 is 4.57 Å². The van der Waals surface area contributed by atoms with Crippen LogP contribution < -0.4 is 0 Å². The zero-order chi connectivity index (χ0) is 20.3. The second-order valence-electron chi connectivity index (χ2n) is 7.01. The highest BCUT2D eigenvalue weighted by molar-refractivity contribution is 7.89. The van der Waals surface area contributed by atoms with Crippen LogP contribution in [0, 0.1) is 0 Å². The molecule has 4 rings (SSSR count). The Morgan fingerprint density at radius 3 is 2.41 bits per heavy atom. The van der Waals surface area contributed by atoms with Gasteiger partial charge in [0.05, 0.1) is 4.90 Å². The first-order valence-corrected chi connectivity index (χ1v) is 11.4. The van der Waals surface area contributed by atoms with Crippen LogP contribution in [0.5, 0.6) is 0 Å². The predicted molar refractivity (Wildman–Crippen MR) is 114 cm³/mol. The van der Waals surface area contributed by atoms with Gasteiger partial charge in [-0.05, 0) is 18.2 Å². The predicted octanol–water partition coefficient (Wildman–Crippen LogP) is 3.21. The lowest BCUT2D eigenvalue weighted by atomic mass is 10.2. The standard InChI is InChI=1S/C21H23ClN4O2S/c22-19-7-4-8-20(17-19)29(27,28)26-15-12-24(13-16-26)11-14-25-10-9-23-21(25)18-5-2-1-3-6-18/h1-10,17H,11-16H2. The zero-order valence-electron chi connectivity index (χ0n) is 16.0. The number of nitrogens with zero attached hydrogens (tertiary/aromatic N) is 4. The number of imidazole rings is 1. The van der Waals surface area contributed by atoms with E-state index in [4.69, 9.17) is 11.6 Å². The first-order valence-electron chi connectivity index (χ1n) is 9.59. The van der Waals surface area contributed by atoms with Crippen molar-refractivity contribution in [2.24, 2.45) is 0 Å². The molecule has 0 amide bonds. The molecular formula is C21H23ClN4O2S. The molecule has 6 nitrogen and oxygen atoms in total. The molecule has 0 N–H and O–H groups in total. The average Bonchev–Trinajstić information content (AvgIpc) is 3.22. The van der Waals surface area contributed by atoms with Crippen molar-refractivity contribution in [2.75, 3.05) is 32.7 Å². The van der Waals surface area contributed by atoms with E-state index in [1.165, 1.54) is 6.07 Å². The van der Waals surface area contributed by atoms with Gasteiger partial charge in [-0.15, -0.1) is 0 Å². The largest absolute Gasteiger partial charge is 0.330 e. The van der Waals surface area contributed by atoms with E-state index in [1.807, 2.05) is 30.6 Å². The second kappa shape index (κ2) is 8.67. The van der Waals surface area contributed by atoms with Crippen molar-refractivity contribution >= 4 is 21.6 Å². The zero-order valence-corrected chi connectivity index (χ0v) is 17.6. The summed E-state index contributed by atoms with van der Waals surface area (Å²) in [6.07, 6.45) is 3.81. The summed E-state index contributed by atoms with van der Waals surface area (Å²) in [6, 6.07) is 16.6. The summed E-state index contributed by atoms with van der Waals surface area (Å²) >= 11 is 5.96. The molecule has 3 aromatic rings. The highest BCUT2D eigenvalue weighted by Crippen LogP contribution is 2.21.